The summed E-state index contributed by atoms with van der Waals surface area (Å²) in [7, 11) is -2.17. The number of nitrogens with zero attached hydrogens (tertiary/aromatic N) is 2. The average Bonchev–Trinajstić information content (AvgIpc) is 2.94. The van der Waals surface area contributed by atoms with E-state index in [4.69, 9.17) is 4.74 Å². The lowest BCUT2D eigenvalue weighted by molar-refractivity contribution is -0.120. The largest absolute Gasteiger partial charge is 0.379 e. The number of carbonyl (C=O) groups excluding carboxylic acids is 2. The molecule has 0 unspecified atom stereocenters. The molecule has 0 spiro atoms. The maximum absolute atomic E-state index is 12.4. The molecule has 148 valence electrons. The molecule has 2 aliphatic rings. The van der Waals surface area contributed by atoms with Gasteiger partial charge in [-0.3, -0.25) is 14.5 Å². The Morgan fingerprint density at radius 1 is 1.26 bits per heavy atom. The fourth-order valence-corrected chi connectivity index (χ4v) is 4.13. The predicted octanol–water partition coefficient (Wildman–Crippen LogP) is -1.07. The number of hydrogen-bond donors (Lipinski definition) is 2. The van der Waals surface area contributed by atoms with Crippen LogP contribution < -0.4 is 14.9 Å². The summed E-state index contributed by atoms with van der Waals surface area (Å²) in [5, 5.41) is 2.71. The van der Waals surface area contributed by atoms with Crippen molar-refractivity contribution < 1.29 is 22.7 Å². The molecule has 10 heteroatoms. The monoisotopic (exact) mass is 396 g/mol. The first-order chi connectivity index (χ1) is 12.9. The first-order valence-corrected chi connectivity index (χ1v) is 10.3. The molecule has 27 heavy (non-hydrogen) atoms. The molecule has 3 rings (SSSR count). The van der Waals surface area contributed by atoms with Crippen LogP contribution >= 0.6 is 0 Å². The van der Waals surface area contributed by atoms with Gasteiger partial charge in [-0.2, -0.15) is 0 Å². The van der Waals surface area contributed by atoms with Crippen LogP contribution in [-0.4, -0.2) is 78.1 Å². The van der Waals surface area contributed by atoms with Gasteiger partial charge in [-0.05, 0) is 23.8 Å². The van der Waals surface area contributed by atoms with E-state index in [2.05, 4.69) is 14.9 Å². The Labute approximate surface area is 158 Å². The minimum Gasteiger partial charge on any atom is -0.379 e. The van der Waals surface area contributed by atoms with Crippen molar-refractivity contribution in [1.82, 2.24) is 14.9 Å². The average molecular weight is 396 g/mol. The summed E-state index contributed by atoms with van der Waals surface area (Å²) >= 11 is 0. The molecule has 1 aromatic carbocycles. The van der Waals surface area contributed by atoms with Gasteiger partial charge in [0.1, 0.15) is 0 Å². The van der Waals surface area contributed by atoms with E-state index in [1.165, 1.54) is 17.0 Å². The van der Waals surface area contributed by atoms with E-state index in [1.54, 1.807) is 13.1 Å². The number of amides is 2. The van der Waals surface area contributed by atoms with Gasteiger partial charge in [-0.15, -0.1) is 0 Å². The van der Waals surface area contributed by atoms with E-state index in [-0.39, 0.29) is 29.7 Å². The van der Waals surface area contributed by atoms with Crippen LogP contribution in [0.3, 0.4) is 0 Å². The smallest absolute Gasteiger partial charge is 0.241 e. The number of sulfonamides is 1. The summed E-state index contributed by atoms with van der Waals surface area (Å²) in [5.74, 6) is -0.463. The number of rotatable bonds is 7. The number of benzene rings is 1. The third-order valence-corrected chi connectivity index (χ3v) is 6.11. The Kier molecular flexibility index (Phi) is 6.10. The van der Waals surface area contributed by atoms with Gasteiger partial charge in [0.2, 0.25) is 21.8 Å². The second kappa shape index (κ2) is 8.34. The van der Waals surface area contributed by atoms with Crippen LogP contribution in [-0.2, 0) is 30.8 Å². The number of ether oxygens (including phenoxy) is 1. The Morgan fingerprint density at radius 3 is 2.74 bits per heavy atom. The summed E-state index contributed by atoms with van der Waals surface area (Å²) in [4.78, 5) is 27.3. The van der Waals surface area contributed by atoms with E-state index in [0.29, 0.717) is 37.6 Å². The second-order valence-electron chi connectivity index (χ2n) is 6.55. The molecular formula is C17H24N4O5S. The summed E-state index contributed by atoms with van der Waals surface area (Å²) in [5.41, 5.74) is 1.38. The highest BCUT2D eigenvalue weighted by molar-refractivity contribution is 7.89. The maximum atomic E-state index is 12.4. The fraction of sp³-hybridized carbons (Fsp3) is 0.529. The molecule has 2 amide bonds. The summed E-state index contributed by atoms with van der Waals surface area (Å²) in [6.07, 6.45) is 0.178. The van der Waals surface area contributed by atoms with Crippen molar-refractivity contribution in [1.29, 1.82) is 0 Å². The van der Waals surface area contributed by atoms with E-state index in [1.807, 2.05) is 0 Å². The van der Waals surface area contributed by atoms with Crippen molar-refractivity contribution >= 4 is 27.5 Å². The first-order valence-electron chi connectivity index (χ1n) is 8.83. The highest BCUT2D eigenvalue weighted by Crippen LogP contribution is 2.29. The lowest BCUT2D eigenvalue weighted by atomic mass is 10.2. The van der Waals surface area contributed by atoms with Gasteiger partial charge in [-0.25, -0.2) is 13.1 Å². The van der Waals surface area contributed by atoms with Crippen LogP contribution in [0.15, 0.2) is 23.1 Å². The maximum Gasteiger partial charge on any atom is 0.241 e. The number of nitrogens with one attached hydrogen (secondary N) is 2. The zero-order chi connectivity index (χ0) is 19.4. The van der Waals surface area contributed by atoms with Gasteiger partial charge in [-0.1, -0.05) is 0 Å². The number of anilines is 1. The summed E-state index contributed by atoms with van der Waals surface area (Å²) in [6, 6.07) is 4.53. The molecule has 1 aromatic rings. The van der Waals surface area contributed by atoms with E-state index < -0.39 is 10.0 Å². The number of morpholine rings is 1. The van der Waals surface area contributed by atoms with E-state index in [9.17, 15) is 18.0 Å². The second-order valence-corrected chi connectivity index (χ2v) is 8.32. The molecule has 1 fully saturated rings. The Balaban J connectivity index is 1.49. The van der Waals surface area contributed by atoms with Gasteiger partial charge in [0.05, 0.1) is 31.1 Å². The quantitative estimate of drug-likeness (QED) is 0.608. The van der Waals surface area contributed by atoms with Crippen LogP contribution in [0.25, 0.3) is 0 Å². The molecule has 0 aliphatic carbocycles. The molecule has 1 saturated heterocycles. The van der Waals surface area contributed by atoms with E-state index in [0.717, 1.165) is 13.1 Å². The summed E-state index contributed by atoms with van der Waals surface area (Å²) < 4.78 is 32.4. The van der Waals surface area contributed by atoms with Crippen molar-refractivity contribution in [2.45, 2.75) is 11.3 Å². The van der Waals surface area contributed by atoms with Crippen molar-refractivity contribution in [3.05, 3.63) is 23.8 Å². The van der Waals surface area contributed by atoms with Gasteiger partial charge in [0, 0.05) is 38.9 Å². The Hall–Kier alpha value is -2.01. The summed E-state index contributed by atoms with van der Waals surface area (Å²) in [6.45, 7) is 3.87. The molecule has 0 saturated carbocycles. The molecule has 2 N–H and O–H groups in total. The molecule has 0 atom stereocenters. The zero-order valence-electron chi connectivity index (χ0n) is 15.2. The molecule has 9 nitrogen and oxygen atoms in total. The highest BCUT2D eigenvalue weighted by atomic mass is 32.2. The van der Waals surface area contributed by atoms with Crippen molar-refractivity contribution in [3.63, 3.8) is 0 Å². The van der Waals surface area contributed by atoms with Crippen molar-refractivity contribution in [3.8, 4) is 0 Å². The highest BCUT2D eigenvalue weighted by Gasteiger charge is 2.26. The number of fused-ring (bicyclic) bond motifs is 1. The van der Waals surface area contributed by atoms with Crippen LogP contribution in [0.1, 0.15) is 5.56 Å². The van der Waals surface area contributed by atoms with Crippen molar-refractivity contribution in [2.75, 3.05) is 57.9 Å². The molecule has 0 radical (unpaired) electrons. The van der Waals surface area contributed by atoms with Crippen LogP contribution in [0.4, 0.5) is 5.69 Å². The van der Waals surface area contributed by atoms with Gasteiger partial charge in [0.15, 0.2) is 0 Å². The third-order valence-electron chi connectivity index (χ3n) is 4.72. The molecule has 0 bridgehead atoms. The van der Waals surface area contributed by atoms with Crippen LogP contribution in [0, 0.1) is 0 Å². The first kappa shape index (κ1) is 19.7. The lowest BCUT2D eigenvalue weighted by Gasteiger charge is -2.26. The van der Waals surface area contributed by atoms with Crippen molar-refractivity contribution in [2.24, 2.45) is 0 Å². The number of carbonyl (C=O) groups is 2. The number of hydrogen-bond acceptors (Lipinski definition) is 6. The Morgan fingerprint density at radius 2 is 2.00 bits per heavy atom. The predicted molar refractivity (Wildman–Crippen MR) is 99.0 cm³/mol. The zero-order valence-corrected chi connectivity index (χ0v) is 16.0. The Bertz CT molecular complexity index is 821. The topological polar surface area (TPSA) is 108 Å². The fourth-order valence-electron chi connectivity index (χ4n) is 3.10. The van der Waals surface area contributed by atoms with Gasteiger partial charge >= 0.3 is 0 Å². The molecule has 2 heterocycles. The van der Waals surface area contributed by atoms with Crippen LogP contribution in [0.2, 0.25) is 0 Å². The van der Waals surface area contributed by atoms with Gasteiger partial charge in [0.25, 0.3) is 0 Å². The number of likely N-dealkylation sites (N-methyl/N-ethyl adjacent to an activating group) is 1. The standard InChI is InChI=1S/C17H24N4O5S/c1-20-15-3-2-14(10-13(15)11-17(20)23)27(24,25)19-12-16(22)18-4-5-21-6-8-26-9-7-21/h2-3,10,19H,4-9,11-12H2,1H3,(H,18,22). The van der Waals surface area contributed by atoms with Gasteiger partial charge < -0.3 is 15.0 Å². The third kappa shape index (κ3) is 4.83. The van der Waals surface area contributed by atoms with Crippen LogP contribution in [0.5, 0.6) is 0 Å². The van der Waals surface area contributed by atoms with E-state index >= 15 is 0 Å². The lowest BCUT2D eigenvalue weighted by Crippen LogP contribution is -2.43. The minimum absolute atomic E-state index is 0.0467. The molecular weight excluding hydrogens is 372 g/mol. The minimum atomic E-state index is -3.82. The molecule has 2 aliphatic heterocycles. The molecule has 0 aromatic heterocycles. The normalized spacial score (nSPS) is 17.8. The SMILES string of the molecule is CN1C(=O)Cc2cc(S(=O)(=O)NCC(=O)NCCN3CCOCC3)ccc21.